The first-order chi connectivity index (χ1) is 48.7. The maximum atomic E-state index is 13.1. The van der Waals surface area contributed by atoms with E-state index in [1.165, 1.54) is 109 Å². The summed E-state index contributed by atoms with van der Waals surface area (Å²) in [5.74, 6) is -2.29. The number of carbonyl (C=O) groups excluding carboxylic acids is 4. The van der Waals surface area contributed by atoms with E-state index in [2.05, 4.69) is 107 Å². The Morgan fingerprint density at radius 1 is 0.280 bits per heavy atom. The van der Waals surface area contributed by atoms with Crippen LogP contribution in [0.3, 0.4) is 0 Å². The lowest BCUT2D eigenvalue weighted by molar-refractivity contribution is -0.161. The van der Waals surface area contributed by atoms with Crippen molar-refractivity contribution in [2.45, 2.75) is 354 Å². The van der Waals surface area contributed by atoms with Crippen molar-refractivity contribution < 1.29 is 80.2 Å². The summed E-state index contributed by atoms with van der Waals surface area (Å²) in [6.45, 7) is 4.73. The molecule has 0 aliphatic rings. The van der Waals surface area contributed by atoms with Crippen LogP contribution in [0.5, 0.6) is 0 Å². The van der Waals surface area contributed by atoms with Gasteiger partial charge in [-0.15, -0.1) is 0 Å². The second kappa shape index (κ2) is 73.3. The van der Waals surface area contributed by atoms with E-state index in [1.807, 2.05) is 18.2 Å². The largest absolute Gasteiger partial charge is 0.472 e. The Kier molecular flexibility index (Phi) is 70.4. The van der Waals surface area contributed by atoms with Gasteiger partial charge in [0.25, 0.3) is 0 Å². The van der Waals surface area contributed by atoms with Crippen LogP contribution in [0.4, 0.5) is 0 Å². The molecule has 0 aromatic rings. The van der Waals surface area contributed by atoms with Gasteiger partial charge < -0.3 is 33.8 Å². The zero-order valence-corrected chi connectivity index (χ0v) is 64.9. The van der Waals surface area contributed by atoms with Crippen molar-refractivity contribution in [2.24, 2.45) is 0 Å². The SMILES string of the molecule is CCCCC/C=C\C/C=C\C/C=C\C/C=C\C/C=C\CCC(=O)O[C@H](COC(=O)CCCCCCC/C=C\CCCCCC)COP(=O)(O)OC[C@@H](O)COP(=O)(O)OC[C@@H](COC(=O)CCCCCCC/C=C\CCCCCC)OC(=O)CCCCCCC/C=C\CCCCCCCC. The van der Waals surface area contributed by atoms with Gasteiger partial charge in [0, 0.05) is 25.7 Å². The maximum Gasteiger partial charge on any atom is 0.472 e. The number of aliphatic hydroxyl groups excluding tert-OH is 1. The van der Waals surface area contributed by atoms with Gasteiger partial charge in [0.05, 0.1) is 26.4 Å². The lowest BCUT2D eigenvalue weighted by atomic mass is 10.1. The summed E-state index contributed by atoms with van der Waals surface area (Å²) in [7, 11) is -9.98. The van der Waals surface area contributed by atoms with Gasteiger partial charge >= 0.3 is 39.5 Å². The highest BCUT2D eigenvalue weighted by molar-refractivity contribution is 7.47. The second-order valence-electron chi connectivity index (χ2n) is 26.3. The molecule has 2 unspecified atom stereocenters. The highest BCUT2D eigenvalue weighted by Gasteiger charge is 2.30. The Labute approximate surface area is 607 Å². The summed E-state index contributed by atoms with van der Waals surface area (Å²) < 4.78 is 68.4. The van der Waals surface area contributed by atoms with Gasteiger partial charge in [-0.3, -0.25) is 37.3 Å². The molecule has 5 atom stereocenters. The molecular formula is C81H142O17P2. The Morgan fingerprint density at radius 3 is 0.850 bits per heavy atom. The summed E-state index contributed by atoms with van der Waals surface area (Å²) in [6.07, 6.45) is 76.9. The van der Waals surface area contributed by atoms with E-state index in [9.17, 15) is 43.2 Å². The van der Waals surface area contributed by atoms with Crippen LogP contribution in [0.2, 0.25) is 0 Å². The van der Waals surface area contributed by atoms with E-state index in [4.69, 9.17) is 37.0 Å². The first kappa shape index (κ1) is 96.0. The quantitative estimate of drug-likeness (QED) is 0.0169. The van der Waals surface area contributed by atoms with Crippen molar-refractivity contribution in [1.29, 1.82) is 0 Å². The smallest absolute Gasteiger partial charge is 0.462 e. The number of allylic oxidation sites excluding steroid dienone is 16. The molecule has 100 heavy (non-hydrogen) atoms. The topological polar surface area (TPSA) is 237 Å². The zero-order valence-electron chi connectivity index (χ0n) is 63.1. The van der Waals surface area contributed by atoms with Crippen LogP contribution in [-0.4, -0.2) is 96.7 Å². The first-order valence-electron chi connectivity index (χ1n) is 39.5. The van der Waals surface area contributed by atoms with Crippen LogP contribution in [0.1, 0.15) is 336 Å². The van der Waals surface area contributed by atoms with E-state index in [0.29, 0.717) is 32.1 Å². The van der Waals surface area contributed by atoms with Crippen molar-refractivity contribution in [1.82, 2.24) is 0 Å². The van der Waals surface area contributed by atoms with Crippen LogP contribution < -0.4 is 0 Å². The van der Waals surface area contributed by atoms with Crippen molar-refractivity contribution >= 4 is 39.5 Å². The van der Waals surface area contributed by atoms with Crippen molar-refractivity contribution in [3.8, 4) is 0 Å². The van der Waals surface area contributed by atoms with Gasteiger partial charge in [0.15, 0.2) is 12.2 Å². The molecule has 0 saturated heterocycles. The van der Waals surface area contributed by atoms with E-state index < -0.39 is 97.5 Å². The molecular weight excluding hydrogens is 1310 g/mol. The van der Waals surface area contributed by atoms with E-state index >= 15 is 0 Å². The number of unbranched alkanes of at least 4 members (excludes halogenated alkanes) is 32. The third kappa shape index (κ3) is 72.3. The molecule has 0 amide bonds. The van der Waals surface area contributed by atoms with Crippen LogP contribution >= 0.6 is 15.6 Å². The number of aliphatic hydroxyl groups is 1. The van der Waals surface area contributed by atoms with Gasteiger partial charge in [0.2, 0.25) is 0 Å². The second-order valence-corrected chi connectivity index (χ2v) is 29.2. The number of carbonyl (C=O) groups is 4. The highest BCUT2D eigenvalue weighted by Crippen LogP contribution is 2.45. The summed E-state index contributed by atoms with van der Waals surface area (Å²) in [5.41, 5.74) is 0. The molecule has 0 heterocycles. The highest BCUT2D eigenvalue weighted by atomic mass is 31.2. The fraction of sp³-hybridized carbons (Fsp3) is 0.753. The first-order valence-corrected chi connectivity index (χ1v) is 42.5. The number of esters is 4. The van der Waals surface area contributed by atoms with Gasteiger partial charge in [-0.2, -0.15) is 0 Å². The van der Waals surface area contributed by atoms with Crippen LogP contribution in [-0.2, 0) is 65.4 Å². The van der Waals surface area contributed by atoms with Crippen LogP contribution in [0.15, 0.2) is 97.2 Å². The minimum Gasteiger partial charge on any atom is -0.462 e. The summed E-state index contributed by atoms with van der Waals surface area (Å²) >= 11 is 0. The minimum atomic E-state index is -5.00. The van der Waals surface area contributed by atoms with Crippen molar-refractivity contribution in [3.63, 3.8) is 0 Å². The molecule has 0 spiro atoms. The molecule has 0 aromatic heterocycles. The molecule has 17 nitrogen and oxygen atoms in total. The number of ether oxygens (including phenoxy) is 4. The lowest BCUT2D eigenvalue weighted by Gasteiger charge is -2.21. The Morgan fingerprint density at radius 2 is 0.510 bits per heavy atom. The molecule has 0 aromatic carbocycles. The molecule has 0 aliphatic heterocycles. The Bertz CT molecular complexity index is 2270. The lowest BCUT2D eigenvalue weighted by Crippen LogP contribution is -2.30. The van der Waals surface area contributed by atoms with Gasteiger partial charge in [-0.25, -0.2) is 9.13 Å². The summed E-state index contributed by atoms with van der Waals surface area (Å²) in [5, 5.41) is 10.6. The molecule has 0 bridgehead atoms. The predicted molar refractivity (Wildman–Crippen MR) is 409 cm³/mol. The maximum absolute atomic E-state index is 13.1. The number of phosphoric acid groups is 2. The Hall–Kier alpha value is -4.02. The molecule has 19 heteroatoms. The van der Waals surface area contributed by atoms with E-state index in [-0.39, 0.29) is 25.7 Å². The third-order valence-electron chi connectivity index (χ3n) is 16.5. The molecule has 0 aliphatic carbocycles. The minimum absolute atomic E-state index is 0.0299. The Balaban J connectivity index is 5.42. The number of rotatable bonds is 74. The predicted octanol–water partition coefficient (Wildman–Crippen LogP) is 22.8. The molecule has 3 N–H and O–H groups in total. The summed E-state index contributed by atoms with van der Waals surface area (Å²) in [4.78, 5) is 72.9. The van der Waals surface area contributed by atoms with Crippen LogP contribution in [0.25, 0.3) is 0 Å². The van der Waals surface area contributed by atoms with Gasteiger partial charge in [0.1, 0.15) is 19.3 Å². The normalized spacial score (nSPS) is 14.4. The molecule has 0 saturated carbocycles. The zero-order chi connectivity index (χ0) is 73.2. The number of hydrogen-bond acceptors (Lipinski definition) is 15. The van der Waals surface area contributed by atoms with Crippen molar-refractivity contribution in [2.75, 3.05) is 39.6 Å². The summed E-state index contributed by atoms with van der Waals surface area (Å²) in [6, 6.07) is 0. The third-order valence-corrected chi connectivity index (χ3v) is 18.4. The van der Waals surface area contributed by atoms with Gasteiger partial charge in [-0.1, -0.05) is 266 Å². The number of phosphoric ester groups is 2. The average Bonchev–Trinajstić information content (AvgIpc) is 1.01. The molecule has 0 rings (SSSR count). The average molecular weight is 1450 g/mol. The fourth-order valence-corrected chi connectivity index (χ4v) is 12.0. The van der Waals surface area contributed by atoms with Crippen molar-refractivity contribution in [3.05, 3.63) is 97.2 Å². The standard InChI is InChI=1S/C81H142O17P2/c1-5-9-13-17-21-25-29-33-35-36-37-38-40-44-48-52-56-60-64-68-81(86)98-77(72-92-79(84)66-62-58-54-50-46-42-32-28-24-20-16-12-8-4)74-96-100(89,90)94-70-75(82)69-93-99(87,88)95-73-76(71-91-78(83)65-61-57-53-49-45-41-31-27-23-19-15-11-7-3)97-80(85)67-63-59-55-51-47-43-39-34-30-26-22-18-14-10-6-2/h21,25,27-28,31-35,37-39,44,48,56,60,75-77,82H,5-20,22-24,26,29-30,36,40-43,45-47,49-55,57-59,61-74H2,1-4H3,(H,87,88)(H,89,90)/b25-21-,31-27-,32-28-,35-33-,38-37-,39-34-,48-44-,60-56-/t75-,76+,77+/m0/s1. The van der Waals surface area contributed by atoms with E-state index in [0.717, 1.165) is 141 Å². The van der Waals surface area contributed by atoms with E-state index in [1.54, 1.807) is 0 Å². The molecule has 578 valence electrons. The monoisotopic (exact) mass is 1450 g/mol. The molecule has 0 fully saturated rings. The number of hydrogen-bond donors (Lipinski definition) is 3. The molecule has 0 radical (unpaired) electrons. The van der Waals surface area contributed by atoms with Gasteiger partial charge in [-0.05, 0) is 141 Å². The fourth-order valence-electron chi connectivity index (χ4n) is 10.4. The van der Waals surface area contributed by atoms with Crippen LogP contribution in [0, 0.1) is 0 Å².